The van der Waals surface area contributed by atoms with Crippen molar-refractivity contribution in [1.82, 2.24) is 4.90 Å². The molecule has 0 atom stereocenters. The minimum absolute atomic E-state index is 0.327. The molecule has 4 nitrogen and oxygen atoms in total. The van der Waals surface area contributed by atoms with Gasteiger partial charge in [0.15, 0.2) is 0 Å². The largest absolute Gasteiger partial charge is 0.494 e. The molecule has 0 aliphatic carbocycles. The predicted octanol–water partition coefficient (Wildman–Crippen LogP) is 3.53. The summed E-state index contributed by atoms with van der Waals surface area (Å²) in [6.45, 7) is 7.72. The van der Waals surface area contributed by atoms with Crippen LogP contribution in [0.2, 0.25) is 0 Å². The van der Waals surface area contributed by atoms with E-state index in [0.29, 0.717) is 19.7 Å². The van der Waals surface area contributed by atoms with Crippen LogP contribution in [-0.4, -0.2) is 30.7 Å². The number of ether oxygens (including phenoxy) is 2. The average molecular weight is 263 g/mol. The van der Waals surface area contributed by atoms with Crippen molar-refractivity contribution in [2.75, 3.05) is 19.7 Å². The van der Waals surface area contributed by atoms with E-state index >= 15 is 0 Å². The van der Waals surface area contributed by atoms with Crippen molar-refractivity contribution in [3.8, 4) is 5.75 Å². The Kier molecular flexibility index (Phi) is 6.50. The average Bonchev–Trinajstić information content (AvgIpc) is 2.42. The van der Waals surface area contributed by atoms with Crippen LogP contribution >= 0.6 is 0 Å². The Labute approximate surface area is 114 Å². The number of amides is 1. The van der Waals surface area contributed by atoms with Crippen LogP contribution in [0.5, 0.6) is 5.75 Å². The molecular weight excluding hydrogens is 242 g/mol. The smallest absolute Gasteiger partial charge is 0.414 e. The van der Waals surface area contributed by atoms with Crippen molar-refractivity contribution in [3.63, 3.8) is 0 Å². The number of carbonyl (C=O) groups is 1. The minimum atomic E-state index is -0.327. The lowest BCUT2D eigenvalue weighted by molar-refractivity contribution is 0.142. The third kappa shape index (κ3) is 5.04. The third-order valence-corrected chi connectivity index (χ3v) is 2.64. The zero-order chi connectivity index (χ0) is 14.1. The first-order valence-electron chi connectivity index (χ1n) is 6.56. The van der Waals surface area contributed by atoms with E-state index in [-0.39, 0.29) is 6.09 Å². The summed E-state index contributed by atoms with van der Waals surface area (Å²) in [6, 6.07) is 7.59. The Balaban J connectivity index is 2.50. The van der Waals surface area contributed by atoms with Gasteiger partial charge >= 0.3 is 6.09 Å². The molecule has 1 rings (SSSR count). The van der Waals surface area contributed by atoms with E-state index in [2.05, 4.69) is 0 Å². The van der Waals surface area contributed by atoms with Crippen molar-refractivity contribution in [3.05, 3.63) is 36.1 Å². The molecule has 0 N–H and O–H groups in total. The molecule has 0 heterocycles. The van der Waals surface area contributed by atoms with Gasteiger partial charge in [0, 0.05) is 13.1 Å². The van der Waals surface area contributed by atoms with E-state index in [1.54, 1.807) is 11.0 Å². The lowest BCUT2D eigenvalue weighted by Gasteiger charge is -2.16. The summed E-state index contributed by atoms with van der Waals surface area (Å²) < 4.78 is 10.4. The van der Waals surface area contributed by atoms with Crippen molar-refractivity contribution >= 4 is 12.2 Å². The summed E-state index contributed by atoms with van der Waals surface area (Å²) in [7, 11) is 0. The van der Waals surface area contributed by atoms with Crippen molar-refractivity contribution in [1.29, 1.82) is 0 Å². The van der Waals surface area contributed by atoms with E-state index in [1.165, 1.54) is 6.26 Å². The highest BCUT2D eigenvalue weighted by Crippen LogP contribution is 2.13. The maximum atomic E-state index is 11.6. The summed E-state index contributed by atoms with van der Waals surface area (Å²) in [5, 5.41) is 0. The van der Waals surface area contributed by atoms with E-state index in [0.717, 1.165) is 11.3 Å². The SMILES string of the molecule is CCOc1ccc(/C=C\OC(=O)N(CC)CC)cc1. The van der Waals surface area contributed by atoms with Gasteiger partial charge in [-0.1, -0.05) is 12.1 Å². The monoisotopic (exact) mass is 263 g/mol. The van der Waals surface area contributed by atoms with Gasteiger partial charge in [0.1, 0.15) is 5.75 Å². The summed E-state index contributed by atoms with van der Waals surface area (Å²) >= 11 is 0. The zero-order valence-electron chi connectivity index (χ0n) is 11.8. The molecule has 1 amide bonds. The molecule has 0 fully saturated rings. The molecule has 1 aromatic carbocycles. The van der Waals surface area contributed by atoms with E-state index in [1.807, 2.05) is 45.0 Å². The van der Waals surface area contributed by atoms with Gasteiger partial charge in [-0.05, 0) is 44.5 Å². The van der Waals surface area contributed by atoms with E-state index in [4.69, 9.17) is 9.47 Å². The lowest BCUT2D eigenvalue weighted by atomic mass is 10.2. The van der Waals surface area contributed by atoms with Crippen molar-refractivity contribution in [2.24, 2.45) is 0 Å². The van der Waals surface area contributed by atoms with Gasteiger partial charge in [0.05, 0.1) is 12.9 Å². The molecule has 1 aromatic rings. The van der Waals surface area contributed by atoms with Gasteiger partial charge < -0.3 is 14.4 Å². The van der Waals surface area contributed by atoms with Gasteiger partial charge in [-0.25, -0.2) is 4.79 Å². The Hall–Kier alpha value is -1.97. The molecule has 0 unspecified atom stereocenters. The highest BCUT2D eigenvalue weighted by Gasteiger charge is 2.08. The zero-order valence-corrected chi connectivity index (χ0v) is 11.8. The maximum absolute atomic E-state index is 11.6. The van der Waals surface area contributed by atoms with Crippen LogP contribution in [0, 0.1) is 0 Å². The van der Waals surface area contributed by atoms with Gasteiger partial charge in [-0.15, -0.1) is 0 Å². The lowest BCUT2D eigenvalue weighted by Crippen LogP contribution is -2.29. The van der Waals surface area contributed by atoms with Gasteiger partial charge in [0.25, 0.3) is 0 Å². The number of hydrogen-bond acceptors (Lipinski definition) is 3. The van der Waals surface area contributed by atoms with E-state index < -0.39 is 0 Å². The molecule has 0 radical (unpaired) electrons. The van der Waals surface area contributed by atoms with E-state index in [9.17, 15) is 4.79 Å². The number of nitrogens with zero attached hydrogens (tertiary/aromatic N) is 1. The molecular formula is C15H21NO3. The highest BCUT2D eigenvalue weighted by molar-refractivity contribution is 5.69. The fraction of sp³-hybridized carbons (Fsp3) is 0.400. The highest BCUT2D eigenvalue weighted by atomic mass is 16.5. The van der Waals surface area contributed by atoms with Crippen molar-refractivity contribution < 1.29 is 14.3 Å². The molecule has 0 aliphatic heterocycles. The Morgan fingerprint density at radius 2 is 1.79 bits per heavy atom. The summed E-state index contributed by atoms with van der Waals surface area (Å²) in [5.41, 5.74) is 0.954. The molecule has 0 aromatic heterocycles. The molecule has 0 saturated carbocycles. The number of hydrogen-bond donors (Lipinski definition) is 0. The van der Waals surface area contributed by atoms with Crippen LogP contribution in [0.3, 0.4) is 0 Å². The maximum Gasteiger partial charge on any atom is 0.414 e. The normalized spacial score (nSPS) is 10.5. The fourth-order valence-corrected chi connectivity index (χ4v) is 1.57. The van der Waals surface area contributed by atoms with Crippen LogP contribution in [-0.2, 0) is 4.74 Å². The van der Waals surface area contributed by atoms with Crippen LogP contribution in [0.15, 0.2) is 30.5 Å². The summed E-state index contributed by atoms with van der Waals surface area (Å²) in [6.07, 6.45) is 2.83. The molecule has 0 bridgehead atoms. The van der Waals surface area contributed by atoms with Gasteiger partial charge in [-0.2, -0.15) is 0 Å². The van der Waals surface area contributed by atoms with Crippen molar-refractivity contribution in [2.45, 2.75) is 20.8 Å². The number of carbonyl (C=O) groups excluding carboxylic acids is 1. The molecule has 104 valence electrons. The fourth-order valence-electron chi connectivity index (χ4n) is 1.57. The topological polar surface area (TPSA) is 38.8 Å². The Morgan fingerprint density at radius 1 is 1.16 bits per heavy atom. The second-order valence-electron chi connectivity index (χ2n) is 3.86. The van der Waals surface area contributed by atoms with Crippen LogP contribution < -0.4 is 4.74 Å². The molecule has 0 saturated heterocycles. The number of rotatable bonds is 6. The van der Waals surface area contributed by atoms with Gasteiger partial charge in [0.2, 0.25) is 0 Å². The van der Waals surface area contributed by atoms with Crippen LogP contribution in [0.4, 0.5) is 4.79 Å². The Bertz CT molecular complexity index is 408. The first kappa shape index (κ1) is 15.1. The summed E-state index contributed by atoms with van der Waals surface area (Å²) in [4.78, 5) is 13.2. The summed E-state index contributed by atoms with van der Waals surface area (Å²) in [5.74, 6) is 0.833. The molecule has 19 heavy (non-hydrogen) atoms. The molecule has 4 heteroatoms. The first-order chi connectivity index (χ1) is 9.21. The number of benzene rings is 1. The Morgan fingerprint density at radius 3 is 2.32 bits per heavy atom. The minimum Gasteiger partial charge on any atom is -0.494 e. The molecule has 0 spiro atoms. The van der Waals surface area contributed by atoms with Crippen LogP contribution in [0.1, 0.15) is 26.3 Å². The second kappa shape index (κ2) is 8.19. The quantitative estimate of drug-likeness (QED) is 0.737. The standard InChI is InChI=1S/C15H21NO3/c1-4-16(5-2)15(17)19-12-11-13-7-9-14(10-8-13)18-6-3/h7-12H,4-6H2,1-3H3/b12-11-. The van der Waals surface area contributed by atoms with Gasteiger partial charge in [-0.3, -0.25) is 0 Å². The molecule has 0 aliphatic rings. The first-order valence-corrected chi connectivity index (χ1v) is 6.56. The van der Waals surface area contributed by atoms with Crippen LogP contribution in [0.25, 0.3) is 6.08 Å². The second-order valence-corrected chi connectivity index (χ2v) is 3.86. The predicted molar refractivity (Wildman–Crippen MR) is 76.0 cm³/mol. The third-order valence-electron chi connectivity index (χ3n) is 2.64.